The molecule has 0 aliphatic carbocycles. The maximum atomic E-state index is 12.0. The van der Waals surface area contributed by atoms with Crippen LogP contribution in [0.5, 0.6) is 0 Å². The van der Waals surface area contributed by atoms with Gasteiger partial charge in [-0.15, -0.1) is 0 Å². The first-order valence-corrected chi connectivity index (χ1v) is 5.78. The van der Waals surface area contributed by atoms with Gasteiger partial charge in [-0.1, -0.05) is 11.6 Å². The average molecular weight is 271 g/mol. The van der Waals surface area contributed by atoms with Crippen molar-refractivity contribution in [3.8, 4) is 0 Å². The maximum Gasteiger partial charge on any atom is 0.287 e. The number of nitrogens with zero attached hydrogens (tertiary/aromatic N) is 2. The second kappa shape index (κ2) is 4.91. The molecule has 1 amide bonds. The van der Waals surface area contributed by atoms with E-state index in [1.165, 1.54) is 23.1 Å². The Labute approximate surface area is 108 Å². The van der Waals surface area contributed by atoms with E-state index in [1.54, 1.807) is 0 Å². The number of nitro groups is 1. The van der Waals surface area contributed by atoms with Crippen LogP contribution in [0.3, 0.4) is 0 Å². The van der Waals surface area contributed by atoms with Gasteiger partial charge in [-0.2, -0.15) is 0 Å². The predicted octanol–water partition coefficient (Wildman–Crippen LogP) is 1.45. The van der Waals surface area contributed by atoms with Crippen LogP contribution < -0.4 is 0 Å². The normalized spacial score (nSPS) is 19.0. The molecule has 0 bridgehead atoms. The standard InChI is InChI=1S/C11H11ClN2O4/c12-9-5-7(1-2-10(9)14(17)18)11(16)13-4-3-8(15)6-13/h1-2,5,8,15H,3-4,6H2. The monoisotopic (exact) mass is 270 g/mol. The van der Waals surface area contributed by atoms with Gasteiger partial charge in [0.1, 0.15) is 5.02 Å². The summed E-state index contributed by atoms with van der Waals surface area (Å²) < 4.78 is 0. The van der Waals surface area contributed by atoms with Gasteiger partial charge in [0, 0.05) is 24.7 Å². The van der Waals surface area contributed by atoms with Gasteiger partial charge >= 0.3 is 0 Å². The minimum atomic E-state index is -0.601. The lowest BCUT2D eigenvalue weighted by molar-refractivity contribution is -0.384. The summed E-state index contributed by atoms with van der Waals surface area (Å²) >= 11 is 5.74. The smallest absolute Gasteiger partial charge is 0.287 e. The maximum absolute atomic E-state index is 12.0. The molecular formula is C11H11ClN2O4. The molecule has 18 heavy (non-hydrogen) atoms. The largest absolute Gasteiger partial charge is 0.391 e. The molecule has 0 radical (unpaired) electrons. The molecule has 1 N–H and O–H groups in total. The van der Waals surface area contributed by atoms with Crippen LogP contribution in [0.2, 0.25) is 5.02 Å². The lowest BCUT2D eigenvalue weighted by atomic mass is 10.2. The number of amides is 1. The molecule has 96 valence electrons. The molecule has 1 aromatic rings. The zero-order chi connectivity index (χ0) is 13.3. The number of benzene rings is 1. The van der Waals surface area contributed by atoms with Gasteiger partial charge in [0.15, 0.2) is 0 Å². The summed E-state index contributed by atoms with van der Waals surface area (Å²) in [5, 5.41) is 19.9. The molecular weight excluding hydrogens is 260 g/mol. The number of β-amino-alcohol motifs (C(OH)–C–C–N with tert-alkyl or cyclic N) is 1. The number of hydrogen-bond acceptors (Lipinski definition) is 4. The van der Waals surface area contributed by atoms with Crippen molar-refractivity contribution in [2.24, 2.45) is 0 Å². The number of halogens is 1. The van der Waals surface area contributed by atoms with E-state index in [1.807, 2.05) is 0 Å². The highest BCUT2D eigenvalue weighted by atomic mass is 35.5. The number of aliphatic hydroxyl groups excluding tert-OH is 1. The molecule has 0 spiro atoms. The quantitative estimate of drug-likeness (QED) is 0.651. The van der Waals surface area contributed by atoms with E-state index in [9.17, 15) is 20.0 Å². The van der Waals surface area contributed by atoms with E-state index >= 15 is 0 Å². The number of aliphatic hydroxyl groups is 1. The molecule has 1 atom stereocenters. The molecule has 7 heteroatoms. The number of likely N-dealkylation sites (tertiary alicyclic amines) is 1. The molecule has 0 saturated carbocycles. The van der Waals surface area contributed by atoms with E-state index in [0.29, 0.717) is 18.5 Å². The Balaban J connectivity index is 2.21. The fourth-order valence-electron chi connectivity index (χ4n) is 1.90. The van der Waals surface area contributed by atoms with Gasteiger partial charge in [0.05, 0.1) is 11.0 Å². The molecule has 1 aliphatic heterocycles. The van der Waals surface area contributed by atoms with Gasteiger partial charge in [-0.3, -0.25) is 14.9 Å². The molecule has 0 aromatic heterocycles. The van der Waals surface area contributed by atoms with Crippen LogP contribution in [0.15, 0.2) is 18.2 Å². The zero-order valence-electron chi connectivity index (χ0n) is 9.38. The predicted molar refractivity (Wildman–Crippen MR) is 64.6 cm³/mol. The highest BCUT2D eigenvalue weighted by Crippen LogP contribution is 2.26. The minimum Gasteiger partial charge on any atom is -0.391 e. The Bertz CT molecular complexity index is 506. The number of nitro benzene ring substituents is 1. The molecule has 1 aromatic carbocycles. The van der Waals surface area contributed by atoms with E-state index < -0.39 is 11.0 Å². The van der Waals surface area contributed by atoms with Crippen LogP contribution in [-0.2, 0) is 0 Å². The van der Waals surface area contributed by atoms with E-state index in [4.69, 9.17) is 11.6 Å². The Morgan fingerprint density at radius 3 is 2.78 bits per heavy atom. The van der Waals surface area contributed by atoms with Crippen LogP contribution in [0.4, 0.5) is 5.69 Å². The first-order chi connectivity index (χ1) is 8.49. The number of rotatable bonds is 2. The van der Waals surface area contributed by atoms with Crippen LogP contribution in [0, 0.1) is 10.1 Å². The van der Waals surface area contributed by atoms with Crippen molar-refractivity contribution in [2.45, 2.75) is 12.5 Å². The first kappa shape index (κ1) is 12.8. The SMILES string of the molecule is O=C(c1ccc([N+](=O)[O-])c(Cl)c1)N1CCC(O)C1. The van der Waals surface area contributed by atoms with E-state index in [2.05, 4.69) is 0 Å². The van der Waals surface area contributed by atoms with E-state index in [0.717, 1.165) is 0 Å². The Morgan fingerprint density at radius 1 is 1.56 bits per heavy atom. The summed E-state index contributed by atoms with van der Waals surface area (Å²) in [6.45, 7) is 0.766. The summed E-state index contributed by atoms with van der Waals surface area (Å²) in [4.78, 5) is 23.5. The third-order valence-electron chi connectivity index (χ3n) is 2.84. The van der Waals surface area contributed by atoms with Gasteiger partial charge in [-0.25, -0.2) is 0 Å². The minimum absolute atomic E-state index is 0.0643. The molecule has 1 unspecified atom stereocenters. The zero-order valence-corrected chi connectivity index (χ0v) is 10.1. The summed E-state index contributed by atoms with van der Waals surface area (Å²) in [5.74, 6) is -0.275. The van der Waals surface area contributed by atoms with Crippen LogP contribution >= 0.6 is 11.6 Å². The van der Waals surface area contributed by atoms with Gasteiger partial charge in [0.2, 0.25) is 0 Å². The Hall–Kier alpha value is -1.66. The summed E-state index contributed by atoms with van der Waals surface area (Å²) in [7, 11) is 0. The lowest BCUT2D eigenvalue weighted by Crippen LogP contribution is -2.29. The fraction of sp³-hybridized carbons (Fsp3) is 0.364. The molecule has 1 aliphatic rings. The Morgan fingerprint density at radius 2 is 2.28 bits per heavy atom. The Kier molecular flexibility index (Phi) is 3.49. The van der Waals surface area contributed by atoms with Crippen molar-refractivity contribution < 1.29 is 14.8 Å². The van der Waals surface area contributed by atoms with Crippen molar-refractivity contribution in [1.82, 2.24) is 4.90 Å². The second-order valence-corrected chi connectivity index (χ2v) is 4.52. The average Bonchev–Trinajstić information content (AvgIpc) is 2.74. The van der Waals surface area contributed by atoms with Crippen molar-refractivity contribution in [2.75, 3.05) is 13.1 Å². The van der Waals surface area contributed by atoms with Crippen LogP contribution in [-0.4, -0.2) is 40.0 Å². The number of hydrogen-bond donors (Lipinski definition) is 1. The lowest BCUT2D eigenvalue weighted by Gasteiger charge is -2.15. The molecule has 1 heterocycles. The summed E-state index contributed by atoms with van der Waals surface area (Å²) in [5.41, 5.74) is 0.0642. The summed E-state index contributed by atoms with van der Waals surface area (Å²) in [6, 6.07) is 3.87. The molecule has 2 rings (SSSR count). The third kappa shape index (κ3) is 2.44. The number of carbonyl (C=O) groups excluding carboxylic acids is 1. The van der Waals surface area contributed by atoms with Crippen molar-refractivity contribution in [3.63, 3.8) is 0 Å². The summed E-state index contributed by atoms with van der Waals surface area (Å²) in [6.07, 6.45) is 0.0504. The van der Waals surface area contributed by atoms with Crippen molar-refractivity contribution in [3.05, 3.63) is 38.9 Å². The van der Waals surface area contributed by atoms with Crippen LogP contribution in [0.1, 0.15) is 16.8 Å². The van der Waals surface area contributed by atoms with Gasteiger partial charge < -0.3 is 10.0 Å². The third-order valence-corrected chi connectivity index (χ3v) is 3.14. The van der Waals surface area contributed by atoms with Crippen molar-refractivity contribution >= 4 is 23.2 Å². The highest BCUT2D eigenvalue weighted by molar-refractivity contribution is 6.33. The second-order valence-electron chi connectivity index (χ2n) is 4.12. The van der Waals surface area contributed by atoms with Crippen molar-refractivity contribution in [1.29, 1.82) is 0 Å². The van der Waals surface area contributed by atoms with Gasteiger partial charge in [0.25, 0.3) is 11.6 Å². The van der Waals surface area contributed by atoms with Crippen LogP contribution in [0.25, 0.3) is 0 Å². The molecule has 6 nitrogen and oxygen atoms in total. The highest BCUT2D eigenvalue weighted by Gasteiger charge is 2.26. The topological polar surface area (TPSA) is 83.7 Å². The molecule has 1 fully saturated rings. The number of carbonyl (C=O) groups is 1. The van der Waals surface area contributed by atoms with Gasteiger partial charge in [-0.05, 0) is 18.6 Å². The fourth-order valence-corrected chi connectivity index (χ4v) is 2.15. The van der Waals surface area contributed by atoms with E-state index in [-0.39, 0.29) is 23.2 Å². The molecule has 1 saturated heterocycles. The first-order valence-electron chi connectivity index (χ1n) is 5.40.